The first kappa shape index (κ1) is 29.3. The highest BCUT2D eigenvalue weighted by atomic mass is 32.1. The summed E-state index contributed by atoms with van der Waals surface area (Å²) in [5.41, 5.74) is 3.18. The Balaban J connectivity index is 1.71. The third-order valence-corrected chi connectivity index (χ3v) is 8.57. The Morgan fingerprint density at radius 3 is 2.50 bits per heavy atom. The minimum Gasteiger partial charge on any atom is -0.490 e. The summed E-state index contributed by atoms with van der Waals surface area (Å²) in [6, 6.07) is 8.12. The normalized spacial score (nSPS) is 14.4. The van der Waals surface area contributed by atoms with Crippen molar-refractivity contribution in [2.45, 2.75) is 59.9 Å². The molecule has 0 radical (unpaired) electrons. The summed E-state index contributed by atoms with van der Waals surface area (Å²) >= 11 is 1.03. The molecule has 1 aliphatic heterocycles. The lowest BCUT2D eigenvalue weighted by Gasteiger charge is -2.23. The molecule has 220 valence electrons. The highest BCUT2D eigenvalue weighted by molar-refractivity contribution is 7.17. The van der Waals surface area contributed by atoms with Crippen molar-refractivity contribution in [2.75, 3.05) is 25.2 Å². The molecular weight excluding hydrogens is 556 g/mol. The van der Waals surface area contributed by atoms with E-state index in [1.165, 1.54) is 12.0 Å². The van der Waals surface area contributed by atoms with E-state index in [4.69, 9.17) is 18.6 Å². The second-order valence-electron chi connectivity index (χ2n) is 10.3. The van der Waals surface area contributed by atoms with E-state index in [-0.39, 0.29) is 26.8 Å². The van der Waals surface area contributed by atoms with Gasteiger partial charge in [0.1, 0.15) is 10.5 Å². The maximum atomic E-state index is 14.1. The number of ether oxygens (including phenoxy) is 3. The van der Waals surface area contributed by atoms with Crippen molar-refractivity contribution >= 4 is 39.3 Å². The highest BCUT2D eigenvalue weighted by Crippen LogP contribution is 2.45. The molecule has 2 aromatic carbocycles. The van der Waals surface area contributed by atoms with Gasteiger partial charge in [-0.2, -0.15) is 0 Å². The van der Waals surface area contributed by atoms with E-state index in [2.05, 4.69) is 11.9 Å². The molecule has 10 heteroatoms. The lowest BCUT2D eigenvalue weighted by molar-refractivity contribution is 0.0605. The molecule has 0 saturated heterocycles. The highest BCUT2D eigenvalue weighted by Gasteiger charge is 2.45. The number of aromatic nitrogens is 1. The number of fused-ring (bicyclic) bond motifs is 2. The molecule has 0 spiro atoms. The minimum absolute atomic E-state index is 0.0499. The predicted molar refractivity (Wildman–Crippen MR) is 161 cm³/mol. The van der Waals surface area contributed by atoms with Crippen LogP contribution in [0.5, 0.6) is 11.5 Å². The molecule has 0 saturated carbocycles. The van der Waals surface area contributed by atoms with Crippen LogP contribution in [0.15, 0.2) is 39.5 Å². The van der Waals surface area contributed by atoms with Gasteiger partial charge in [0.2, 0.25) is 5.76 Å². The fraction of sp³-hybridized carbons (Fsp3) is 0.375. The van der Waals surface area contributed by atoms with Crippen LogP contribution in [0, 0.1) is 20.8 Å². The van der Waals surface area contributed by atoms with Crippen molar-refractivity contribution < 1.29 is 28.2 Å². The van der Waals surface area contributed by atoms with Crippen molar-refractivity contribution in [2.24, 2.45) is 0 Å². The number of carbonyl (C=O) groups is 2. The molecule has 1 atom stereocenters. The topological polar surface area (TPSA) is 108 Å². The van der Waals surface area contributed by atoms with E-state index in [0.717, 1.165) is 41.7 Å². The third-order valence-electron chi connectivity index (χ3n) is 7.44. The standard InChI is InChI=1S/C32H34N2O7S/c1-7-9-10-13-40-22-12-11-20(16-24(22)39-8-2)26-25-27(35)21-14-17(3)18(4)15-23(21)41-28(25)30(36)34(26)32-33-19(5)29(42-32)31(37)38-6/h11-12,14-16,26H,7-10,13H2,1-6H3. The van der Waals surface area contributed by atoms with Gasteiger partial charge in [-0.3, -0.25) is 14.5 Å². The number of hydrogen-bond acceptors (Lipinski definition) is 9. The monoisotopic (exact) mass is 590 g/mol. The van der Waals surface area contributed by atoms with E-state index in [0.29, 0.717) is 46.9 Å². The van der Waals surface area contributed by atoms with Crippen molar-refractivity contribution in [3.05, 3.63) is 79.1 Å². The van der Waals surface area contributed by atoms with Crippen LogP contribution in [-0.4, -0.2) is 37.2 Å². The predicted octanol–water partition coefficient (Wildman–Crippen LogP) is 6.68. The van der Waals surface area contributed by atoms with Crippen molar-refractivity contribution in [1.82, 2.24) is 4.98 Å². The van der Waals surface area contributed by atoms with Gasteiger partial charge in [0.15, 0.2) is 22.1 Å². The molecule has 1 unspecified atom stereocenters. The number of carbonyl (C=O) groups excluding carboxylic acids is 2. The Hall–Kier alpha value is -4.18. The second-order valence-corrected chi connectivity index (χ2v) is 11.3. The molecule has 1 amide bonds. The summed E-state index contributed by atoms with van der Waals surface area (Å²) in [4.78, 5) is 46.8. The summed E-state index contributed by atoms with van der Waals surface area (Å²) in [6.45, 7) is 10.5. The van der Waals surface area contributed by atoms with Gasteiger partial charge in [-0.15, -0.1) is 0 Å². The van der Waals surface area contributed by atoms with Gasteiger partial charge in [-0.05, 0) is 75.1 Å². The van der Waals surface area contributed by atoms with Gasteiger partial charge in [0.05, 0.1) is 43.0 Å². The van der Waals surface area contributed by atoms with Crippen LogP contribution in [0.1, 0.15) is 87.3 Å². The maximum absolute atomic E-state index is 14.1. The zero-order valence-corrected chi connectivity index (χ0v) is 25.5. The first-order chi connectivity index (χ1) is 20.2. The number of hydrogen-bond donors (Lipinski definition) is 0. The van der Waals surface area contributed by atoms with Crippen LogP contribution in [-0.2, 0) is 4.74 Å². The summed E-state index contributed by atoms with van der Waals surface area (Å²) in [7, 11) is 1.29. The molecule has 0 bridgehead atoms. The van der Waals surface area contributed by atoms with Gasteiger partial charge in [-0.25, -0.2) is 9.78 Å². The average Bonchev–Trinajstić information content (AvgIpc) is 3.49. The Bertz CT molecular complexity index is 1740. The molecule has 0 aliphatic carbocycles. The largest absolute Gasteiger partial charge is 0.490 e. The molecule has 0 fully saturated rings. The number of anilines is 1. The Morgan fingerprint density at radius 1 is 1.02 bits per heavy atom. The van der Waals surface area contributed by atoms with E-state index in [1.54, 1.807) is 31.2 Å². The Kier molecular flexibility index (Phi) is 8.36. The summed E-state index contributed by atoms with van der Waals surface area (Å²) in [6.07, 6.45) is 3.05. The van der Waals surface area contributed by atoms with Crippen molar-refractivity contribution in [3.8, 4) is 11.5 Å². The number of aryl methyl sites for hydroxylation is 3. The first-order valence-electron chi connectivity index (χ1n) is 14.1. The zero-order valence-electron chi connectivity index (χ0n) is 24.7. The van der Waals surface area contributed by atoms with Crippen molar-refractivity contribution in [3.63, 3.8) is 0 Å². The lowest BCUT2D eigenvalue weighted by atomic mass is 9.97. The minimum atomic E-state index is -0.876. The Labute approximate surface area is 248 Å². The third kappa shape index (κ3) is 5.15. The molecule has 0 N–H and O–H groups in total. The Morgan fingerprint density at radius 2 is 1.79 bits per heavy atom. The van der Waals surface area contributed by atoms with E-state index in [9.17, 15) is 14.4 Å². The number of rotatable bonds is 10. The molecule has 5 rings (SSSR count). The average molecular weight is 591 g/mol. The molecule has 3 heterocycles. The number of thiazole rings is 1. The molecule has 9 nitrogen and oxygen atoms in total. The number of unbranched alkanes of at least 4 members (excludes halogenated alkanes) is 2. The smallest absolute Gasteiger partial charge is 0.350 e. The van der Waals surface area contributed by atoms with Gasteiger partial charge < -0.3 is 18.6 Å². The van der Waals surface area contributed by atoms with Gasteiger partial charge in [0.25, 0.3) is 5.91 Å². The van der Waals surface area contributed by atoms with Gasteiger partial charge >= 0.3 is 5.97 Å². The molecular formula is C32H34N2O7S. The summed E-state index contributed by atoms with van der Waals surface area (Å²) in [5.74, 6) is -0.0236. The zero-order chi connectivity index (χ0) is 30.1. The van der Waals surface area contributed by atoms with E-state index in [1.807, 2.05) is 26.8 Å². The van der Waals surface area contributed by atoms with Crippen LogP contribution in [0.2, 0.25) is 0 Å². The van der Waals surface area contributed by atoms with E-state index < -0.39 is 17.9 Å². The molecule has 42 heavy (non-hydrogen) atoms. The summed E-state index contributed by atoms with van der Waals surface area (Å²) < 4.78 is 23.0. The van der Waals surface area contributed by atoms with Crippen LogP contribution in [0.4, 0.5) is 5.13 Å². The first-order valence-corrected chi connectivity index (χ1v) is 14.9. The van der Waals surface area contributed by atoms with E-state index >= 15 is 0 Å². The summed E-state index contributed by atoms with van der Waals surface area (Å²) in [5, 5.41) is 0.644. The second kappa shape index (κ2) is 12.0. The molecule has 1 aliphatic rings. The number of benzene rings is 2. The van der Waals surface area contributed by atoms with Crippen LogP contribution in [0.25, 0.3) is 11.0 Å². The number of methoxy groups -OCH3 is 1. The SMILES string of the molecule is CCCCCOc1ccc(C2c3c(oc4cc(C)c(C)cc4c3=O)C(=O)N2c2nc(C)c(C(=O)OC)s2)cc1OCC. The number of esters is 1. The van der Waals surface area contributed by atoms with Crippen LogP contribution < -0.4 is 19.8 Å². The van der Waals surface area contributed by atoms with Gasteiger partial charge in [-0.1, -0.05) is 37.2 Å². The van der Waals surface area contributed by atoms with Crippen molar-refractivity contribution in [1.29, 1.82) is 0 Å². The lowest BCUT2D eigenvalue weighted by Crippen LogP contribution is -2.29. The van der Waals surface area contributed by atoms with Crippen LogP contribution in [0.3, 0.4) is 0 Å². The quantitative estimate of drug-likeness (QED) is 0.149. The number of amides is 1. The molecule has 2 aromatic heterocycles. The molecule has 4 aromatic rings. The fourth-order valence-electron chi connectivity index (χ4n) is 5.12. The maximum Gasteiger partial charge on any atom is 0.350 e. The number of nitrogens with zero attached hydrogens (tertiary/aromatic N) is 2. The van der Waals surface area contributed by atoms with Gasteiger partial charge in [0, 0.05) is 0 Å². The fourth-order valence-corrected chi connectivity index (χ4v) is 6.14. The van der Waals surface area contributed by atoms with Crippen LogP contribution >= 0.6 is 11.3 Å².